The van der Waals surface area contributed by atoms with Crippen molar-refractivity contribution in [3.8, 4) is 0 Å². The second-order valence-corrected chi connectivity index (χ2v) is 8.54. The van der Waals surface area contributed by atoms with Crippen molar-refractivity contribution in [2.75, 3.05) is 17.6 Å². The number of hydrogen-bond acceptors (Lipinski definition) is 6. The summed E-state index contributed by atoms with van der Waals surface area (Å²) in [4.78, 5) is 38.5. The first-order valence-electron chi connectivity index (χ1n) is 11.4. The monoisotopic (exact) mass is 469 g/mol. The lowest BCUT2D eigenvalue weighted by Crippen LogP contribution is -2.54. The van der Waals surface area contributed by atoms with E-state index in [0.717, 1.165) is 11.1 Å². The molecule has 0 aliphatic rings. The van der Waals surface area contributed by atoms with Crippen molar-refractivity contribution in [1.82, 2.24) is 10.6 Å². The highest BCUT2D eigenvalue weighted by Crippen LogP contribution is 2.12. The molecule has 184 valence electrons. The number of amides is 3. The van der Waals surface area contributed by atoms with Crippen molar-refractivity contribution < 1.29 is 19.5 Å². The van der Waals surface area contributed by atoms with Gasteiger partial charge in [0.05, 0.1) is 13.0 Å². The number of nitrogens with one attached hydrogen (secondary N) is 3. The average molecular weight is 470 g/mol. The molecule has 0 heterocycles. The van der Waals surface area contributed by atoms with Crippen LogP contribution in [0.1, 0.15) is 37.8 Å². The molecule has 0 aromatic heterocycles. The van der Waals surface area contributed by atoms with E-state index in [2.05, 4.69) is 16.0 Å². The summed E-state index contributed by atoms with van der Waals surface area (Å²) in [6.45, 7) is 3.93. The minimum Gasteiger partial charge on any atom is -0.399 e. The molecule has 9 nitrogen and oxygen atoms in total. The number of carbonyl (C=O) groups is 3. The van der Waals surface area contributed by atoms with Crippen LogP contribution >= 0.6 is 0 Å². The zero-order valence-electron chi connectivity index (χ0n) is 19.7. The third-order valence-electron chi connectivity index (χ3n) is 5.34. The van der Waals surface area contributed by atoms with Gasteiger partial charge in [0.2, 0.25) is 17.7 Å². The predicted octanol–water partition coefficient (Wildman–Crippen LogP) is 1.31. The van der Waals surface area contributed by atoms with Gasteiger partial charge in [-0.05, 0) is 60.7 Å². The van der Waals surface area contributed by atoms with Gasteiger partial charge in [0.25, 0.3) is 0 Å². The van der Waals surface area contributed by atoms with Gasteiger partial charge in [0, 0.05) is 11.4 Å². The number of carbonyl (C=O) groups excluding carboxylic acids is 3. The molecular formula is C25H35N5O4. The Morgan fingerprint density at radius 2 is 1.53 bits per heavy atom. The SMILES string of the molecule is CC(C)[C@H](NC(=O)Cc1ccc(N)cc1)C(=O)N[C@@H](CCCN)C(=O)Nc1ccc(CO)cc1. The van der Waals surface area contributed by atoms with Crippen molar-refractivity contribution in [2.24, 2.45) is 11.7 Å². The molecule has 3 amide bonds. The number of anilines is 2. The van der Waals surface area contributed by atoms with Crippen LogP contribution in [0.4, 0.5) is 11.4 Å². The lowest BCUT2D eigenvalue weighted by Gasteiger charge is -2.25. The summed E-state index contributed by atoms with van der Waals surface area (Å²) >= 11 is 0. The van der Waals surface area contributed by atoms with E-state index in [1.54, 1.807) is 48.5 Å². The number of aliphatic hydroxyl groups is 1. The normalized spacial score (nSPS) is 12.6. The predicted molar refractivity (Wildman–Crippen MR) is 133 cm³/mol. The Kier molecular flexibility index (Phi) is 10.5. The van der Waals surface area contributed by atoms with Crippen molar-refractivity contribution >= 4 is 29.1 Å². The number of nitrogens with two attached hydrogens (primary N) is 2. The maximum atomic E-state index is 13.0. The first-order valence-corrected chi connectivity index (χ1v) is 11.4. The number of nitrogen functional groups attached to an aromatic ring is 1. The van der Waals surface area contributed by atoms with E-state index < -0.39 is 18.0 Å². The van der Waals surface area contributed by atoms with Crippen LogP contribution in [0, 0.1) is 5.92 Å². The Morgan fingerprint density at radius 1 is 0.912 bits per heavy atom. The van der Waals surface area contributed by atoms with Crippen LogP contribution in [0.15, 0.2) is 48.5 Å². The molecule has 0 spiro atoms. The van der Waals surface area contributed by atoms with Gasteiger partial charge in [-0.3, -0.25) is 14.4 Å². The molecule has 9 heteroatoms. The van der Waals surface area contributed by atoms with Gasteiger partial charge in [-0.25, -0.2) is 0 Å². The minimum absolute atomic E-state index is 0.0932. The highest BCUT2D eigenvalue weighted by atomic mass is 16.3. The first-order chi connectivity index (χ1) is 16.2. The van der Waals surface area contributed by atoms with Crippen LogP contribution in [0.5, 0.6) is 0 Å². The van der Waals surface area contributed by atoms with Gasteiger partial charge in [0.1, 0.15) is 12.1 Å². The lowest BCUT2D eigenvalue weighted by atomic mass is 10.0. The van der Waals surface area contributed by atoms with E-state index in [9.17, 15) is 14.4 Å². The third kappa shape index (κ3) is 8.49. The number of hydrogen-bond donors (Lipinski definition) is 6. The van der Waals surface area contributed by atoms with Gasteiger partial charge < -0.3 is 32.5 Å². The van der Waals surface area contributed by atoms with E-state index in [-0.39, 0.29) is 30.8 Å². The standard InChI is InChI=1S/C25H35N5O4/c1-16(2)23(30-22(32)14-17-5-9-19(27)10-6-17)25(34)29-21(4-3-13-26)24(33)28-20-11-7-18(15-31)8-12-20/h5-12,16,21,23,31H,3-4,13-15,26-27H2,1-2H3,(H,28,33)(H,29,34)(H,30,32)/t21-,23-/m0/s1. The average Bonchev–Trinajstić information content (AvgIpc) is 2.81. The van der Waals surface area contributed by atoms with E-state index in [0.29, 0.717) is 30.8 Å². The number of benzene rings is 2. The molecule has 0 bridgehead atoms. The van der Waals surface area contributed by atoms with Crippen molar-refractivity contribution in [3.63, 3.8) is 0 Å². The maximum absolute atomic E-state index is 13.0. The summed E-state index contributed by atoms with van der Waals surface area (Å²) in [5, 5.41) is 17.5. The minimum atomic E-state index is -0.816. The quantitative estimate of drug-likeness (QED) is 0.257. The Balaban J connectivity index is 2.04. The van der Waals surface area contributed by atoms with Gasteiger partial charge >= 0.3 is 0 Å². The van der Waals surface area contributed by atoms with Crippen LogP contribution in [0.3, 0.4) is 0 Å². The van der Waals surface area contributed by atoms with E-state index >= 15 is 0 Å². The summed E-state index contributed by atoms with van der Waals surface area (Å²) in [6, 6.07) is 12.1. The first kappa shape index (κ1) is 26.8. The Labute approximate surface area is 200 Å². The lowest BCUT2D eigenvalue weighted by molar-refractivity contribution is -0.131. The zero-order chi connectivity index (χ0) is 25.1. The summed E-state index contributed by atoms with van der Waals surface area (Å²) in [6.07, 6.45) is 1.00. The van der Waals surface area contributed by atoms with Crippen molar-refractivity contribution in [2.45, 2.75) is 51.8 Å². The summed E-state index contributed by atoms with van der Waals surface area (Å²) in [5.74, 6) is -1.31. The Bertz CT molecular complexity index is 945. The smallest absolute Gasteiger partial charge is 0.246 e. The molecule has 34 heavy (non-hydrogen) atoms. The third-order valence-corrected chi connectivity index (χ3v) is 5.34. The van der Waals surface area contributed by atoms with Crippen LogP contribution < -0.4 is 27.4 Å². The molecule has 0 fully saturated rings. The summed E-state index contributed by atoms with van der Waals surface area (Å²) < 4.78 is 0. The van der Waals surface area contributed by atoms with Gasteiger partial charge in [-0.15, -0.1) is 0 Å². The number of aliphatic hydroxyl groups excluding tert-OH is 1. The fraction of sp³-hybridized carbons (Fsp3) is 0.400. The molecule has 2 aromatic carbocycles. The van der Waals surface area contributed by atoms with Crippen molar-refractivity contribution in [3.05, 3.63) is 59.7 Å². The Hall–Kier alpha value is -3.43. The largest absolute Gasteiger partial charge is 0.399 e. The topological polar surface area (TPSA) is 160 Å². The molecule has 0 aliphatic carbocycles. The molecule has 2 aromatic rings. The van der Waals surface area contributed by atoms with Crippen LogP contribution in [-0.4, -0.2) is 41.5 Å². The molecule has 0 unspecified atom stereocenters. The van der Waals surface area contributed by atoms with Crippen LogP contribution in [0.2, 0.25) is 0 Å². The summed E-state index contributed by atoms with van der Waals surface area (Å²) in [5.41, 5.74) is 14.0. The summed E-state index contributed by atoms with van der Waals surface area (Å²) in [7, 11) is 0. The highest BCUT2D eigenvalue weighted by molar-refractivity contribution is 5.98. The second-order valence-electron chi connectivity index (χ2n) is 8.54. The molecule has 0 saturated heterocycles. The molecule has 2 rings (SSSR count). The van der Waals surface area contributed by atoms with Crippen LogP contribution in [-0.2, 0) is 27.4 Å². The maximum Gasteiger partial charge on any atom is 0.246 e. The second kappa shape index (κ2) is 13.3. The molecule has 2 atom stereocenters. The molecule has 8 N–H and O–H groups in total. The highest BCUT2D eigenvalue weighted by Gasteiger charge is 2.28. The van der Waals surface area contributed by atoms with Crippen LogP contribution in [0.25, 0.3) is 0 Å². The van der Waals surface area contributed by atoms with Gasteiger partial charge in [0.15, 0.2) is 0 Å². The van der Waals surface area contributed by atoms with E-state index in [1.165, 1.54) is 0 Å². The number of rotatable bonds is 12. The molecular weight excluding hydrogens is 434 g/mol. The van der Waals surface area contributed by atoms with Gasteiger partial charge in [-0.1, -0.05) is 38.1 Å². The van der Waals surface area contributed by atoms with E-state index in [4.69, 9.17) is 16.6 Å². The molecule has 0 saturated carbocycles. The van der Waals surface area contributed by atoms with E-state index in [1.807, 2.05) is 13.8 Å². The fourth-order valence-electron chi connectivity index (χ4n) is 3.36. The van der Waals surface area contributed by atoms with Gasteiger partial charge in [-0.2, -0.15) is 0 Å². The Morgan fingerprint density at radius 3 is 2.09 bits per heavy atom. The fourth-order valence-corrected chi connectivity index (χ4v) is 3.36. The molecule has 0 aliphatic heterocycles. The molecule has 0 radical (unpaired) electrons. The van der Waals surface area contributed by atoms with Crippen molar-refractivity contribution in [1.29, 1.82) is 0 Å². The zero-order valence-corrected chi connectivity index (χ0v) is 19.7.